The van der Waals surface area contributed by atoms with Crippen LogP contribution in [0.5, 0.6) is 5.75 Å². The normalized spacial score (nSPS) is 14.0. The third-order valence-electron chi connectivity index (χ3n) is 4.73. The maximum Gasteiger partial charge on any atom is 0.268 e. The molecule has 3 aromatic rings. The van der Waals surface area contributed by atoms with Crippen molar-refractivity contribution in [3.63, 3.8) is 0 Å². The summed E-state index contributed by atoms with van der Waals surface area (Å²) in [6, 6.07) is 16.7. The zero-order valence-corrected chi connectivity index (χ0v) is 16.9. The van der Waals surface area contributed by atoms with Crippen LogP contribution < -0.4 is 4.74 Å². The molecule has 0 unspecified atom stereocenters. The number of methoxy groups -OCH3 is 1. The Kier molecular flexibility index (Phi) is 5.72. The van der Waals surface area contributed by atoms with Gasteiger partial charge in [0.2, 0.25) is 0 Å². The topological polar surface area (TPSA) is 59.8 Å². The van der Waals surface area contributed by atoms with E-state index in [-0.39, 0.29) is 22.6 Å². The molecule has 0 saturated heterocycles. The third kappa shape index (κ3) is 3.76. The third-order valence-corrected chi connectivity index (χ3v) is 5.82. The Bertz CT molecular complexity index is 1120. The first kappa shape index (κ1) is 20.0. The van der Waals surface area contributed by atoms with Crippen LogP contribution in [-0.2, 0) is 21.9 Å². The van der Waals surface area contributed by atoms with Crippen molar-refractivity contribution in [2.75, 3.05) is 7.11 Å². The number of hydrogen-bond acceptors (Lipinski definition) is 5. The van der Waals surface area contributed by atoms with Crippen molar-refractivity contribution in [1.29, 1.82) is 0 Å². The molecule has 0 atom stereocenters. The van der Waals surface area contributed by atoms with Gasteiger partial charge >= 0.3 is 0 Å². The highest BCUT2D eigenvalue weighted by molar-refractivity contribution is 8.03. The molecule has 0 spiro atoms. The number of carbonyl (C=O) groups is 2. The minimum Gasteiger partial charge on any atom is -0.496 e. The number of imide groups is 1. The molecule has 7 heteroatoms. The van der Waals surface area contributed by atoms with Crippen molar-refractivity contribution in [2.45, 2.75) is 12.3 Å². The van der Waals surface area contributed by atoms with Crippen LogP contribution in [0.15, 0.2) is 76.2 Å². The Morgan fingerprint density at radius 3 is 2.50 bits per heavy atom. The molecule has 1 aromatic heterocycles. The minimum atomic E-state index is -0.477. The number of amides is 2. The Morgan fingerprint density at radius 2 is 1.77 bits per heavy atom. The highest BCUT2D eigenvalue weighted by Gasteiger charge is 2.40. The number of thioether (sulfide) groups is 1. The highest BCUT2D eigenvalue weighted by Crippen LogP contribution is 2.41. The summed E-state index contributed by atoms with van der Waals surface area (Å²) in [5.74, 6) is 0.147. The van der Waals surface area contributed by atoms with Gasteiger partial charge in [0.1, 0.15) is 17.3 Å². The lowest BCUT2D eigenvalue weighted by Crippen LogP contribution is -2.31. The van der Waals surface area contributed by atoms with Crippen LogP contribution >= 0.6 is 11.8 Å². The van der Waals surface area contributed by atoms with Crippen LogP contribution in [0.1, 0.15) is 16.9 Å². The number of carbonyl (C=O) groups excluding carboxylic acids is 2. The van der Waals surface area contributed by atoms with E-state index in [0.717, 1.165) is 4.90 Å². The van der Waals surface area contributed by atoms with Gasteiger partial charge in [-0.15, -0.1) is 11.8 Å². The van der Waals surface area contributed by atoms with E-state index >= 15 is 0 Å². The van der Waals surface area contributed by atoms with Crippen LogP contribution in [-0.4, -0.2) is 23.8 Å². The summed E-state index contributed by atoms with van der Waals surface area (Å²) < 4.78 is 24.9. The van der Waals surface area contributed by atoms with Gasteiger partial charge < -0.3 is 9.15 Å². The first-order chi connectivity index (χ1) is 14.6. The first-order valence-electron chi connectivity index (χ1n) is 9.22. The van der Waals surface area contributed by atoms with E-state index in [1.165, 1.54) is 24.9 Å². The molecule has 152 valence electrons. The fraction of sp³-hybridized carbons (Fsp3) is 0.130. The average molecular weight is 423 g/mol. The van der Waals surface area contributed by atoms with Gasteiger partial charge in [-0.05, 0) is 24.3 Å². The van der Waals surface area contributed by atoms with E-state index in [1.807, 2.05) is 0 Å². The largest absolute Gasteiger partial charge is 0.496 e. The minimum absolute atomic E-state index is 0.145. The second-order valence-electron chi connectivity index (χ2n) is 6.56. The zero-order valence-electron chi connectivity index (χ0n) is 16.1. The van der Waals surface area contributed by atoms with Gasteiger partial charge in [0.05, 0.1) is 36.1 Å². The molecule has 2 heterocycles. The van der Waals surface area contributed by atoms with Gasteiger partial charge in [0.15, 0.2) is 0 Å². The van der Waals surface area contributed by atoms with E-state index in [4.69, 9.17) is 9.15 Å². The second-order valence-corrected chi connectivity index (χ2v) is 7.55. The summed E-state index contributed by atoms with van der Waals surface area (Å²) >= 11 is 1.22. The van der Waals surface area contributed by atoms with E-state index < -0.39 is 17.6 Å². The number of furan rings is 1. The van der Waals surface area contributed by atoms with Crippen LogP contribution in [0.3, 0.4) is 0 Å². The molecular weight excluding hydrogens is 405 g/mol. The maximum absolute atomic E-state index is 14.2. The van der Waals surface area contributed by atoms with Gasteiger partial charge in [-0.1, -0.05) is 36.4 Å². The molecule has 30 heavy (non-hydrogen) atoms. The van der Waals surface area contributed by atoms with Crippen LogP contribution in [0, 0.1) is 5.82 Å². The van der Waals surface area contributed by atoms with E-state index in [9.17, 15) is 14.0 Å². The lowest BCUT2D eigenvalue weighted by molar-refractivity contribution is -0.137. The molecule has 2 amide bonds. The first-order valence-corrected chi connectivity index (χ1v) is 10.2. The molecular formula is C23H18FNO4S. The number of halogens is 1. The molecule has 0 saturated carbocycles. The van der Waals surface area contributed by atoms with Crippen LogP contribution in [0.25, 0.3) is 5.57 Å². The molecule has 1 aliphatic heterocycles. The summed E-state index contributed by atoms with van der Waals surface area (Å²) in [5, 5.41) is 0. The molecule has 5 nitrogen and oxygen atoms in total. The summed E-state index contributed by atoms with van der Waals surface area (Å²) in [6.45, 7) is -0.145. The predicted molar refractivity (Wildman–Crippen MR) is 112 cm³/mol. The number of rotatable bonds is 7. The summed E-state index contributed by atoms with van der Waals surface area (Å²) in [6.07, 6.45) is 1.55. The molecule has 0 aliphatic carbocycles. The summed E-state index contributed by atoms with van der Waals surface area (Å²) in [7, 11) is 1.51. The average Bonchev–Trinajstić information content (AvgIpc) is 3.36. The Balaban J connectivity index is 1.73. The smallest absolute Gasteiger partial charge is 0.268 e. The van der Waals surface area contributed by atoms with Crippen molar-refractivity contribution in [3.05, 3.63) is 94.5 Å². The summed E-state index contributed by atoms with van der Waals surface area (Å²) in [4.78, 5) is 27.9. The van der Waals surface area contributed by atoms with Gasteiger partial charge in [-0.25, -0.2) is 4.39 Å². The van der Waals surface area contributed by atoms with Gasteiger partial charge in [0.25, 0.3) is 11.8 Å². The molecule has 0 bridgehead atoms. The molecule has 2 aromatic carbocycles. The Labute approximate surface area is 177 Å². The predicted octanol–water partition coefficient (Wildman–Crippen LogP) is 4.64. The van der Waals surface area contributed by atoms with Gasteiger partial charge in [-0.2, -0.15) is 0 Å². The Hall–Kier alpha value is -3.32. The van der Waals surface area contributed by atoms with Gasteiger partial charge in [0, 0.05) is 11.1 Å². The number of nitrogens with zero attached hydrogens (tertiary/aromatic N) is 1. The fourth-order valence-corrected chi connectivity index (χ4v) is 4.28. The monoisotopic (exact) mass is 423 g/mol. The number of ether oxygens (including phenoxy) is 1. The van der Waals surface area contributed by atoms with Crippen molar-refractivity contribution in [2.24, 2.45) is 0 Å². The lowest BCUT2D eigenvalue weighted by Gasteiger charge is -2.16. The quantitative estimate of drug-likeness (QED) is 0.518. The van der Waals surface area contributed by atoms with E-state index in [2.05, 4.69) is 0 Å². The van der Waals surface area contributed by atoms with Crippen LogP contribution in [0.4, 0.5) is 4.39 Å². The fourth-order valence-electron chi connectivity index (χ4n) is 3.25. The number of hydrogen-bond donors (Lipinski definition) is 0. The highest BCUT2D eigenvalue weighted by atomic mass is 32.2. The van der Waals surface area contributed by atoms with Crippen molar-refractivity contribution in [1.82, 2.24) is 4.90 Å². The van der Waals surface area contributed by atoms with E-state index in [0.29, 0.717) is 22.8 Å². The van der Waals surface area contributed by atoms with Crippen molar-refractivity contribution in [3.8, 4) is 5.75 Å². The summed E-state index contributed by atoms with van der Waals surface area (Å²) in [5.41, 5.74) is 1.05. The van der Waals surface area contributed by atoms with Crippen molar-refractivity contribution >= 4 is 29.1 Å². The second kappa shape index (κ2) is 8.59. The molecule has 0 radical (unpaired) electrons. The zero-order chi connectivity index (χ0) is 21.1. The molecule has 0 fully saturated rings. The number of para-hydroxylation sites is 1. The molecule has 1 aliphatic rings. The lowest BCUT2D eigenvalue weighted by atomic mass is 10.0. The number of benzene rings is 2. The molecule has 4 rings (SSSR count). The standard InChI is InChI=1S/C23H18FNO4S/c1-28-19-11-5-3-9-17(19)20-21(30-14-16-8-6-12-29-16)23(27)25(22(20)26)13-15-7-2-4-10-18(15)24/h2-12H,13-14H2,1H3. The van der Waals surface area contributed by atoms with Crippen LogP contribution in [0.2, 0.25) is 0 Å². The van der Waals surface area contributed by atoms with E-state index in [1.54, 1.807) is 60.9 Å². The Morgan fingerprint density at radius 1 is 1.00 bits per heavy atom. The molecule has 0 N–H and O–H groups in total. The van der Waals surface area contributed by atoms with Crippen molar-refractivity contribution < 1.29 is 23.1 Å². The SMILES string of the molecule is COc1ccccc1C1=C(SCc2ccco2)C(=O)N(Cc2ccccc2F)C1=O. The maximum atomic E-state index is 14.2. The van der Waals surface area contributed by atoms with Gasteiger partial charge in [-0.3, -0.25) is 14.5 Å².